The van der Waals surface area contributed by atoms with Crippen LogP contribution in [-0.4, -0.2) is 28.4 Å². The van der Waals surface area contributed by atoms with E-state index in [1.807, 2.05) is 0 Å². The molecule has 1 aromatic heterocycles. The van der Waals surface area contributed by atoms with Gasteiger partial charge in [0.1, 0.15) is 0 Å². The Bertz CT molecular complexity index is 428. The molecule has 1 aliphatic carbocycles. The van der Waals surface area contributed by atoms with E-state index in [1.165, 1.54) is 31.4 Å². The Morgan fingerprint density at radius 3 is 2.89 bits per heavy atom. The molecule has 4 heteroatoms. The fourth-order valence-electron chi connectivity index (χ4n) is 3.48. The zero-order valence-electron chi connectivity index (χ0n) is 11.6. The van der Waals surface area contributed by atoms with Crippen LogP contribution < -0.4 is 0 Å². The second-order valence-electron chi connectivity index (χ2n) is 6.16. The summed E-state index contributed by atoms with van der Waals surface area (Å²) in [6.07, 6.45) is 9.62. The number of aromatic nitrogens is 2. The molecule has 0 N–H and O–H groups in total. The van der Waals surface area contributed by atoms with Crippen molar-refractivity contribution in [1.82, 2.24) is 9.78 Å². The summed E-state index contributed by atoms with van der Waals surface area (Å²) in [5, 5.41) is 4.79. The van der Waals surface area contributed by atoms with E-state index in [2.05, 4.69) is 23.9 Å². The summed E-state index contributed by atoms with van der Waals surface area (Å²) in [6.45, 7) is 2.97. The van der Waals surface area contributed by atoms with Crippen LogP contribution in [0.15, 0.2) is 12.3 Å². The Hall–Kier alpha value is -0.540. The van der Waals surface area contributed by atoms with E-state index in [0.29, 0.717) is 11.9 Å². The third-order valence-electron chi connectivity index (χ3n) is 4.99. The fraction of sp³-hybridized carbons (Fsp3) is 0.800. The molecule has 0 spiro atoms. The molecule has 2 heterocycles. The van der Waals surface area contributed by atoms with Crippen molar-refractivity contribution in [3.63, 3.8) is 0 Å². The fourth-order valence-corrected chi connectivity index (χ4v) is 3.92. The molecule has 106 valence electrons. The Kier molecular flexibility index (Phi) is 3.86. The molecule has 2 aliphatic rings. The number of rotatable bonds is 4. The van der Waals surface area contributed by atoms with Gasteiger partial charge in [-0.05, 0) is 32.3 Å². The smallest absolute Gasteiger partial charge is 0.0631 e. The van der Waals surface area contributed by atoms with Gasteiger partial charge in [-0.15, -0.1) is 11.6 Å². The van der Waals surface area contributed by atoms with Gasteiger partial charge < -0.3 is 4.74 Å². The van der Waals surface area contributed by atoms with E-state index < -0.39 is 0 Å². The van der Waals surface area contributed by atoms with E-state index in [9.17, 15) is 0 Å². The molecule has 0 aromatic carbocycles. The third kappa shape index (κ3) is 2.55. The van der Waals surface area contributed by atoms with Crippen molar-refractivity contribution in [2.75, 3.05) is 12.5 Å². The molecule has 19 heavy (non-hydrogen) atoms. The number of ether oxygens (including phenoxy) is 1. The maximum Gasteiger partial charge on any atom is 0.0631 e. The molecule has 1 saturated heterocycles. The maximum absolute atomic E-state index is 6.23. The molecule has 2 atom stereocenters. The molecule has 0 amide bonds. The van der Waals surface area contributed by atoms with Gasteiger partial charge >= 0.3 is 0 Å². The van der Waals surface area contributed by atoms with Gasteiger partial charge in [0.2, 0.25) is 0 Å². The summed E-state index contributed by atoms with van der Waals surface area (Å²) >= 11 is 6.23. The van der Waals surface area contributed by atoms with Crippen molar-refractivity contribution >= 4 is 11.6 Å². The minimum Gasteiger partial charge on any atom is -0.378 e. The molecule has 1 saturated carbocycles. The molecule has 1 aromatic rings. The summed E-state index contributed by atoms with van der Waals surface area (Å²) in [4.78, 5) is 0. The van der Waals surface area contributed by atoms with Gasteiger partial charge in [-0.2, -0.15) is 5.10 Å². The summed E-state index contributed by atoms with van der Waals surface area (Å²) in [6, 6.07) is 2.79. The number of alkyl halides is 1. The zero-order chi connectivity index (χ0) is 13.3. The molecule has 3 nitrogen and oxygen atoms in total. The molecule has 2 fully saturated rings. The summed E-state index contributed by atoms with van der Waals surface area (Å²) in [5.74, 6) is 0.657. The molecule has 1 aliphatic heterocycles. The number of hydrogen-bond donors (Lipinski definition) is 0. The van der Waals surface area contributed by atoms with Crippen LogP contribution in [0.4, 0.5) is 0 Å². The van der Waals surface area contributed by atoms with Crippen LogP contribution >= 0.6 is 11.6 Å². The highest BCUT2D eigenvalue weighted by Gasteiger charge is 2.41. The number of hydrogen-bond acceptors (Lipinski definition) is 2. The van der Waals surface area contributed by atoms with Crippen molar-refractivity contribution in [1.29, 1.82) is 0 Å². The van der Waals surface area contributed by atoms with Crippen molar-refractivity contribution < 1.29 is 4.74 Å². The quantitative estimate of drug-likeness (QED) is 0.790. The Labute approximate surface area is 120 Å². The average Bonchev–Trinajstić information content (AvgIpc) is 3.12. The first-order valence-electron chi connectivity index (χ1n) is 7.45. The van der Waals surface area contributed by atoms with Crippen molar-refractivity contribution in [3.8, 4) is 0 Å². The van der Waals surface area contributed by atoms with Crippen LogP contribution in [-0.2, 0) is 11.2 Å². The minimum absolute atomic E-state index is 0.0798. The van der Waals surface area contributed by atoms with Crippen LogP contribution in [0.3, 0.4) is 0 Å². The summed E-state index contributed by atoms with van der Waals surface area (Å²) in [5.41, 5.74) is 1.25. The Balaban J connectivity index is 1.72. The van der Waals surface area contributed by atoms with Crippen LogP contribution in [0.1, 0.15) is 50.8 Å². The predicted octanol–water partition coefficient (Wildman–Crippen LogP) is 3.57. The average molecular weight is 283 g/mol. The van der Waals surface area contributed by atoms with Crippen molar-refractivity contribution in [3.05, 3.63) is 18.0 Å². The normalized spacial score (nSPS) is 32.2. The molecular formula is C15H23ClN2O. The minimum atomic E-state index is 0.0798. The highest BCUT2D eigenvalue weighted by atomic mass is 35.5. The lowest BCUT2D eigenvalue weighted by Crippen LogP contribution is -2.33. The second kappa shape index (κ2) is 5.45. The molecule has 3 rings (SSSR count). The lowest BCUT2D eigenvalue weighted by molar-refractivity contribution is 0.0730. The van der Waals surface area contributed by atoms with Gasteiger partial charge in [0.25, 0.3) is 0 Å². The first kappa shape index (κ1) is 13.4. The molecular weight excluding hydrogens is 260 g/mol. The summed E-state index contributed by atoms with van der Waals surface area (Å²) in [7, 11) is 0. The molecule has 0 bridgehead atoms. The predicted molar refractivity (Wildman–Crippen MR) is 76.6 cm³/mol. The molecule has 2 unspecified atom stereocenters. The van der Waals surface area contributed by atoms with E-state index in [4.69, 9.17) is 21.4 Å². The maximum atomic E-state index is 6.23. The molecule has 0 radical (unpaired) electrons. The van der Waals surface area contributed by atoms with E-state index in [1.54, 1.807) is 0 Å². The van der Waals surface area contributed by atoms with Crippen molar-refractivity contribution in [2.45, 2.75) is 57.6 Å². The number of halogens is 1. The lowest BCUT2D eigenvalue weighted by Gasteiger charge is -2.29. The lowest BCUT2D eigenvalue weighted by atomic mass is 9.79. The number of nitrogens with zero attached hydrogens (tertiary/aromatic N) is 2. The van der Waals surface area contributed by atoms with Crippen LogP contribution in [0.5, 0.6) is 0 Å². The van der Waals surface area contributed by atoms with E-state index >= 15 is 0 Å². The first-order chi connectivity index (χ1) is 9.23. The summed E-state index contributed by atoms with van der Waals surface area (Å²) < 4.78 is 7.89. The van der Waals surface area contributed by atoms with Gasteiger partial charge in [-0.25, -0.2) is 0 Å². The Morgan fingerprint density at radius 1 is 1.47 bits per heavy atom. The largest absolute Gasteiger partial charge is 0.378 e. The highest BCUT2D eigenvalue weighted by Crippen LogP contribution is 2.39. The third-order valence-corrected chi connectivity index (χ3v) is 5.52. The van der Waals surface area contributed by atoms with Gasteiger partial charge in [-0.1, -0.05) is 12.8 Å². The van der Waals surface area contributed by atoms with E-state index in [0.717, 1.165) is 19.4 Å². The van der Waals surface area contributed by atoms with Gasteiger partial charge in [0.05, 0.1) is 17.8 Å². The van der Waals surface area contributed by atoms with E-state index in [-0.39, 0.29) is 11.5 Å². The first-order valence-corrected chi connectivity index (χ1v) is 7.98. The van der Waals surface area contributed by atoms with Crippen LogP contribution in [0.2, 0.25) is 0 Å². The van der Waals surface area contributed by atoms with Gasteiger partial charge in [-0.3, -0.25) is 4.68 Å². The standard InChI is InChI=1S/C15H23ClN2O/c1-12-15(11-16,7-9-19-12)10-13-6-8-18(17-13)14-4-2-3-5-14/h6,8,12,14H,2-5,7,9-11H2,1H3. The Morgan fingerprint density at radius 2 is 2.26 bits per heavy atom. The SMILES string of the molecule is CC1OCCC1(CCl)Cc1ccn(C2CCCC2)n1. The highest BCUT2D eigenvalue weighted by molar-refractivity contribution is 6.18. The topological polar surface area (TPSA) is 27.1 Å². The van der Waals surface area contributed by atoms with Gasteiger partial charge in [0, 0.05) is 30.5 Å². The second-order valence-corrected chi connectivity index (χ2v) is 6.43. The van der Waals surface area contributed by atoms with Crippen LogP contribution in [0, 0.1) is 5.41 Å². The van der Waals surface area contributed by atoms with Crippen LogP contribution in [0.25, 0.3) is 0 Å². The zero-order valence-corrected chi connectivity index (χ0v) is 12.4. The van der Waals surface area contributed by atoms with Crippen molar-refractivity contribution in [2.24, 2.45) is 5.41 Å². The monoisotopic (exact) mass is 282 g/mol. The van der Waals surface area contributed by atoms with Gasteiger partial charge in [0.15, 0.2) is 0 Å².